The lowest BCUT2D eigenvalue weighted by molar-refractivity contribution is -0.137. The van der Waals surface area contributed by atoms with Crippen molar-refractivity contribution in [3.05, 3.63) is 0 Å². The minimum Gasteiger partial charge on any atom is -0.481 e. The molecule has 0 amide bonds. The monoisotopic (exact) mass is 109 g/mol. The summed E-state index contributed by atoms with van der Waals surface area (Å²) in [7, 11) is 0. The average molecular weight is 109 g/mol. The Morgan fingerprint density at radius 3 is 3.71 bits per heavy atom. The molecule has 0 radical (unpaired) electrons. The molecule has 0 bridgehead atoms. The molecule has 2 nitrogen and oxygen atoms in total. The molecule has 0 fully saturated rings. The Kier molecular flexibility index (Phi) is 0.464. The van der Waals surface area contributed by atoms with Crippen LogP contribution in [0.5, 0.6) is 0 Å². The van der Waals surface area contributed by atoms with E-state index in [1.54, 1.807) is 0 Å². The number of rotatable bonds is 2. The van der Waals surface area contributed by atoms with E-state index in [-0.39, 0.29) is 0 Å². The van der Waals surface area contributed by atoms with E-state index in [1.165, 1.54) is 0 Å². The zero-order valence-electron chi connectivity index (χ0n) is 10.8. The summed E-state index contributed by atoms with van der Waals surface area (Å²) in [5.74, 6) is -4.34. The van der Waals surface area contributed by atoms with Crippen molar-refractivity contribution in [2.24, 2.45) is 5.89 Å². The lowest BCUT2D eigenvalue weighted by Crippen LogP contribution is -1.99. The molecule has 0 spiro atoms. The average Bonchev–Trinajstić information content (AvgIpc) is 2.00. The quantitative estimate of drug-likeness (QED) is 0.577. The van der Waals surface area contributed by atoms with Crippen LogP contribution in [0, 0.1) is 5.89 Å². The normalized spacial score (nSPS) is 35.9. The Balaban J connectivity index is 5.18. The van der Waals surface area contributed by atoms with Crippen molar-refractivity contribution in [2.75, 3.05) is 0 Å². The molecule has 0 aromatic rings. The van der Waals surface area contributed by atoms with Crippen molar-refractivity contribution in [1.29, 1.82) is 1.43 Å². The highest BCUT2D eigenvalue weighted by atomic mass is 16.4. The summed E-state index contributed by atoms with van der Waals surface area (Å²) < 4.78 is 48.4. The van der Waals surface area contributed by atoms with Crippen molar-refractivity contribution in [3.63, 3.8) is 0 Å². The molecule has 1 atom stereocenters. The smallest absolute Gasteiger partial charge is 0.303 e. The lowest BCUT2D eigenvalue weighted by atomic mass is 10.1. The molecule has 0 rings (SSSR count). The summed E-state index contributed by atoms with van der Waals surface area (Å²) in [5, 5.41) is 3.36. The zero-order valence-corrected chi connectivity index (χ0v) is 3.82. The van der Waals surface area contributed by atoms with Crippen LogP contribution in [0.4, 0.5) is 0 Å². The molecule has 42 valence electrons. The van der Waals surface area contributed by atoms with Gasteiger partial charge in [0.15, 0.2) is 0 Å². The van der Waals surface area contributed by atoms with Gasteiger partial charge in [-0.05, 0) is 5.89 Å². The molecule has 0 aromatic heterocycles. The number of hydrogen-bond acceptors (Lipinski definition) is 2. The van der Waals surface area contributed by atoms with Crippen molar-refractivity contribution in [1.82, 2.24) is 0 Å². The largest absolute Gasteiger partial charge is 0.481 e. The molecular weight excluding hydrogens is 92.1 g/mol. The van der Waals surface area contributed by atoms with Crippen LogP contribution in [-0.4, -0.2) is 11.1 Å². The fourth-order valence-corrected chi connectivity index (χ4v) is 0.153. The standard InChI is InChI=1S/C5H10O2/c1-4(2)3-5(6)7/h4H,3H2,1-2H3,(H,6,7)/i1D3,3D2,4D/hD. The molecule has 1 unspecified atom stereocenters. The van der Waals surface area contributed by atoms with Gasteiger partial charge >= 0.3 is 5.97 Å². The number of carboxylic acids is 1. The van der Waals surface area contributed by atoms with Crippen LogP contribution in [0.1, 0.15) is 28.4 Å². The van der Waals surface area contributed by atoms with Crippen LogP contribution in [0.2, 0.25) is 0 Å². The van der Waals surface area contributed by atoms with Crippen LogP contribution in [0.15, 0.2) is 0 Å². The molecule has 0 aliphatic heterocycles. The predicted molar refractivity (Wildman–Crippen MR) is 27.1 cm³/mol. The van der Waals surface area contributed by atoms with Gasteiger partial charge in [0.25, 0.3) is 1.43 Å². The number of carbonyl (C=O) groups is 1. The van der Waals surface area contributed by atoms with Crippen molar-refractivity contribution >= 4 is 5.97 Å². The SMILES string of the molecule is [2H]OC(=O)C([2H])([2H])C([2H])(C)C([2H])([2H])[2H]. The van der Waals surface area contributed by atoms with E-state index >= 15 is 0 Å². The van der Waals surface area contributed by atoms with Crippen molar-refractivity contribution in [3.8, 4) is 0 Å². The summed E-state index contributed by atoms with van der Waals surface area (Å²) >= 11 is 0. The maximum absolute atomic E-state index is 10.8. The molecule has 1 N–H and O–H groups in total. The van der Waals surface area contributed by atoms with Crippen molar-refractivity contribution in [2.45, 2.75) is 20.1 Å². The summed E-state index contributed by atoms with van der Waals surface area (Å²) in [4.78, 5) is 10.8. The van der Waals surface area contributed by atoms with Gasteiger partial charge in [-0.25, -0.2) is 0 Å². The predicted octanol–water partition coefficient (Wildman–Crippen LogP) is 1.12. The molecule has 0 heterocycles. The Morgan fingerprint density at radius 1 is 2.57 bits per heavy atom. The van der Waals surface area contributed by atoms with E-state index in [4.69, 9.17) is 9.66 Å². The molecule has 0 aromatic carbocycles. The third kappa shape index (κ3) is 5.47. The van der Waals surface area contributed by atoms with Crippen LogP contribution >= 0.6 is 0 Å². The highest BCUT2D eigenvalue weighted by molar-refractivity contribution is 5.66. The Bertz CT molecular complexity index is 231. The molecule has 0 aliphatic rings. The minimum absolute atomic E-state index is 0.761. The van der Waals surface area contributed by atoms with E-state index in [9.17, 15) is 4.79 Å². The first kappa shape index (κ1) is 1.24. The third-order valence-electron chi connectivity index (χ3n) is 0.290. The highest BCUT2D eigenvalue weighted by Gasteiger charge is 1.98. The van der Waals surface area contributed by atoms with Gasteiger partial charge in [-0.2, -0.15) is 0 Å². The highest BCUT2D eigenvalue weighted by Crippen LogP contribution is 1.96. The maximum atomic E-state index is 10.8. The number of carboxylic acid groups (broad SMARTS) is 1. The molecule has 0 saturated heterocycles. The molecule has 0 saturated carbocycles. The zero-order chi connectivity index (χ0) is 11.8. The minimum atomic E-state index is -3.06. The van der Waals surface area contributed by atoms with Gasteiger partial charge in [-0.3, -0.25) is 4.79 Å². The summed E-state index contributed by atoms with van der Waals surface area (Å²) in [5.41, 5.74) is 0. The molecule has 2 heteroatoms. The van der Waals surface area contributed by atoms with Gasteiger partial charge in [0.05, 0.1) is 0 Å². The van der Waals surface area contributed by atoms with Gasteiger partial charge in [0.2, 0.25) is 0 Å². The van der Waals surface area contributed by atoms with Crippen LogP contribution < -0.4 is 0 Å². The van der Waals surface area contributed by atoms with E-state index in [0.717, 1.165) is 6.92 Å². The van der Waals surface area contributed by atoms with Gasteiger partial charge in [-0.15, -0.1) is 0 Å². The van der Waals surface area contributed by atoms with Gasteiger partial charge in [0.1, 0.15) is 0 Å². The second-order valence-corrected chi connectivity index (χ2v) is 1.04. The summed E-state index contributed by atoms with van der Waals surface area (Å²) in [6.07, 6.45) is -3.06. The number of hydrogen-bond donors (Lipinski definition) is 1. The van der Waals surface area contributed by atoms with Crippen LogP contribution in [0.3, 0.4) is 0 Å². The lowest BCUT2D eigenvalue weighted by Gasteiger charge is -1.94. The molecule has 7 heavy (non-hydrogen) atoms. The van der Waals surface area contributed by atoms with Crippen LogP contribution in [-0.2, 0) is 4.79 Å². The Hall–Kier alpha value is -0.530. The summed E-state index contributed by atoms with van der Waals surface area (Å²) in [6.45, 7) is -2.22. The van der Waals surface area contributed by atoms with Crippen LogP contribution in [0.25, 0.3) is 1.43 Å². The first-order valence-corrected chi connectivity index (χ1v) is 1.66. The van der Waals surface area contributed by atoms with E-state index in [1.807, 2.05) is 0 Å². The Labute approximate surface area is 53.1 Å². The van der Waals surface area contributed by atoms with E-state index in [0.29, 0.717) is 0 Å². The molecule has 0 aliphatic carbocycles. The van der Waals surface area contributed by atoms with Gasteiger partial charge in [-0.1, -0.05) is 13.8 Å². The number of aliphatic carboxylic acids is 1. The second kappa shape index (κ2) is 2.61. The second-order valence-electron chi connectivity index (χ2n) is 1.04. The Morgan fingerprint density at radius 2 is 3.29 bits per heavy atom. The van der Waals surface area contributed by atoms with E-state index < -0.39 is 25.1 Å². The van der Waals surface area contributed by atoms with Crippen molar-refractivity contribution < 1.29 is 18.1 Å². The van der Waals surface area contributed by atoms with Gasteiger partial charge < -0.3 is 5.11 Å². The van der Waals surface area contributed by atoms with E-state index in [2.05, 4.69) is 5.11 Å². The maximum Gasteiger partial charge on any atom is 0.303 e. The first-order chi connectivity index (χ1) is 5.98. The van der Waals surface area contributed by atoms with Gasteiger partial charge in [0, 0.05) is 14.6 Å². The molecular formula is C5H10O2. The summed E-state index contributed by atoms with van der Waals surface area (Å²) in [6, 6.07) is 0. The fourth-order valence-electron chi connectivity index (χ4n) is 0.153. The first-order valence-electron chi connectivity index (χ1n) is 5.07. The topological polar surface area (TPSA) is 37.3 Å². The fraction of sp³-hybridized carbons (Fsp3) is 0.800. The third-order valence-corrected chi connectivity index (χ3v) is 0.290.